The highest BCUT2D eigenvalue weighted by molar-refractivity contribution is 5.93. The molecule has 1 aliphatic rings. The van der Waals surface area contributed by atoms with Gasteiger partial charge in [-0.2, -0.15) is 5.10 Å². The highest BCUT2D eigenvalue weighted by Crippen LogP contribution is 2.23. The van der Waals surface area contributed by atoms with Crippen LogP contribution in [0.4, 0.5) is 0 Å². The fourth-order valence-corrected chi connectivity index (χ4v) is 2.97. The average molecular weight is 313 g/mol. The van der Waals surface area contributed by atoms with E-state index in [4.69, 9.17) is 0 Å². The quantitative estimate of drug-likeness (QED) is 0.895. The van der Waals surface area contributed by atoms with Crippen LogP contribution in [0.3, 0.4) is 0 Å². The molecule has 2 heterocycles. The number of hydrogen-bond donors (Lipinski definition) is 2. The van der Waals surface area contributed by atoms with Crippen LogP contribution in [0.5, 0.6) is 0 Å². The van der Waals surface area contributed by atoms with E-state index in [2.05, 4.69) is 36.2 Å². The van der Waals surface area contributed by atoms with Crippen molar-refractivity contribution in [1.29, 1.82) is 0 Å². The number of rotatable bonds is 2. The minimum Gasteiger partial charge on any atom is -0.393 e. The molecule has 1 aromatic heterocycles. The zero-order valence-electron chi connectivity index (χ0n) is 13.8. The van der Waals surface area contributed by atoms with E-state index in [-0.39, 0.29) is 17.9 Å². The van der Waals surface area contributed by atoms with Gasteiger partial charge < -0.3 is 10.0 Å². The lowest BCUT2D eigenvalue weighted by atomic mass is 9.96. The topological polar surface area (TPSA) is 69.2 Å². The molecule has 0 spiro atoms. The van der Waals surface area contributed by atoms with Crippen molar-refractivity contribution in [1.82, 2.24) is 15.1 Å². The third-order valence-electron chi connectivity index (χ3n) is 4.76. The van der Waals surface area contributed by atoms with Gasteiger partial charge in [0, 0.05) is 18.7 Å². The molecular weight excluding hydrogens is 290 g/mol. The van der Waals surface area contributed by atoms with Crippen molar-refractivity contribution in [2.45, 2.75) is 33.3 Å². The highest BCUT2D eigenvalue weighted by atomic mass is 16.3. The van der Waals surface area contributed by atoms with Crippen molar-refractivity contribution in [3.63, 3.8) is 0 Å². The predicted molar refractivity (Wildman–Crippen MR) is 89.2 cm³/mol. The molecule has 0 radical (unpaired) electrons. The van der Waals surface area contributed by atoms with Crippen LogP contribution in [0.1, 0.15) is 35.0 Å². The van der Waals surface area contributed by atoms with Crippen LogP contribution in [0, 0.1) is 19.8 Å². The van der Waals surface area contributed by atoms with Gasteiger partial charge in [0.1, 0.15) is 5.69 Å². The van der Waals surface area contributed by atoms with Gasteiger partial charge in [-0.25, -0.2) is 0 Å². The van der Waals surface area contributed by atoms with Gasteiger partial charge in [0.2, 0.25) is 0 Å². The number of aromatic nitrogens is 2. The van der Waals surface area contributed by atoms with E-state index in [0.717, 1.165) is 11.3 Å². The number of likely N-dealkylation sites (tertiary alicyclic amines) is 1. The first-order valence-corrected chi connectivity index (χ1v) is 8.06. The Labute approximate surface area is 136 Å². The maximum Gasteiger partial charge on any atom is 0.271 e. The summed E-state index contributed by atoms with van der Waals surface area (Å²) in [4.78, 5) is 14.4. The molecule has 1 saturated heterocycles. The number of carbonyl (C=O) groups excluding carboxylic acids is 1. The van der Waals surface area contributed by atoms with Crippen molar-refractivity contribution in [2.75, 3.05) is 13.1 Å². The van der Waals surface area contributed by atoms with Crippen molar-refractivity contribution in [3.8, 4) is 11.3 Å². The van der Waals surface area contributed by atoms with Gasteiger partial charge in [-0.15, -0.1) is 0 Å². The molecule has 5 heteroatoms. The minimum absolute atomic E-state index is 0.0497. The van der Waals surface area contributed by atoms with Crippen molar-refractivity contribution < 1.29 is 9.90 Å². The standard InChI is InChI=1S/C18H23N3O2/c1-11-4-5-14(8-12(11)2)15-9-16(20-19-15)18(23)21-7-6-17(22)13(3)10-21/h4-5,8-9,13,17,22H,6-7,10H2,1-3H3,(H,19,20)/t13-,17-/m1/s1. The molecule has 23 heavy (non-hydrogen) atoms. The summed E-state index contributed by atoms with van der Waals surface area (Å²) in [6.45, 7) is 7.28. The number of aromatic amines is 1. The van der Waals surface area contributed by atoms with Crippen LogP contribution in [-0.4, -0.2) is 45.3 Å². The number of hydrogen-bond acceptors (Lipinski definition) is 3. The Hall–Kier alpha value is -2.14. The van der Waals surface area contributed by atoms with Gasteiger partial charge in [0.15, 0.2) is 0 Å². The molecule has 2 atom stereocenters. The van der Waals surface area contributed by atoms with Gasteiger partial charge in [0.25, 0.3) is 5.91 Å². The van der Waals surface area contributed by atoms with Crippen molar-refractivity contribution in [2.24, 2.45) is 5.92 Å². The molecule has 122 valence electrons. The Morgan fingerprint density at radius 2 is 2.09 bits per heavy atom. The molecule has 0 saturated carbocycles. The number of benzene rings is 1. The molecule has 1 aliphatic heterocycles. The van der Waals surface area contributed by atoms with Gasteiger partial charge in [-0.3, -0.25) is 9.89 Å². The van der Waals surface area contributed by atoms with E-state index in [1.54, 1.807) is 4.90 Å². The summed E-state index contributed by atoms with van der Waals surface area (Å²) in [5.41, 5.74) is 4.73. The largest absolute Gasteiger partial charge is 0.393 e. The van der Waals surface area contributed by atoms with E-state index >= 15 is 0 Å². The van der Waals surface area contributed by atoms with E-state index in [9.17, 15) is 9.90 Å². The summed E-state index contributed by atoms with van der Waals surface area (Å²) in [6, 6.07) is 7.97. The van der Waals surface area contributed by atoms with E-state index in [1.165, 1.54) is 11.1 Å². The Morgan fingerprint density at radius 1 is 1.30 bits per heavy atom. The second kappa shape index (κ2) is 6.16. The molecule has 1 amide bonds. The lowest BCUT2D eigenvalue weighted by molar-refractivity contribution is 0.0294. The fraction of sp³-hybridized carbons (Fsp3) is 0.444. The van der Waals surface area contributed by atoms with Crippen molar-refractivity contribution in [3.05, 3.63) is 41.1 Å². The minimum atomic E-state index is -0.313. The molecule has 5 nitrogen and oxygen atoms in total. The van der Waals surface area contributed by atoms with Crippen LogP contribution in [0.25, 0.3) is 11.3 Å². The summed E-state index contributed by atoms with van der Waals surface area (Å²) in [5, 5.41) is 16.9. The number of H-pyrrole nitrogens is 1. The number of amides is 1. The zero-order valence-corrected chi connectivity index (χ0v) is 13.8. The third-order valence-corrected chi connectivity index (χ3v) is 4.76. The summed E-state index contributed by atoms with van der Waals surface area (Å²) in [6.07, 6.45) is 0.317. The molecule has 2 aromatic rings. The third kappa shape index (κ3) is 3.15. The molecule has 2 N–H and O–H groups in total. The van der Waals surface area contributed by atoms with E-state index in [1.807, 2.05) is 19.1 Å². The summed E-state index contributed by atoms with van der Waals surface area (Å²) in [7, 11) is 0. The van der Waals surface area contributed by atoms with Crippen LogP contribution < -0.4 is 0 Å². The van der Waals surface area contributed by atoms with Crippen LogP contribution >= 0.6 is 0 Å². The summed E-state index contributed by atoms with van der Waals surface area (Å²) < 4.78 is 0. The molecule has 1 fully saturated rings. The number of nitrogens with zero attached hydrogens (tertiary/aromatic N) is 2. The first-order chi connectivity index (χ1) is 11.0. The molecule has 0 bridgehead atoms. The molecular formula is C18H23N3O2. The molecule has 0 aliphatic carbocycles. The summed E-state index contributed by atoms with van der Waals surface area (Å²) >= 11 is 0. The van der Waals surface area contributed by atoms with Gasteiger partial charge in [-0.05, 0) is 49.4 Å². The number of nitrogens with one attached hydrogen (secondary N) is 1. The average Bonchev–Trinajstić information content (AvgIpc) is 3.02. The normalized spacial score (nSPS) is 21.5. The maximum atomic E-state index is 12.6. The second-order valence-corrected chi connectivity index (χ2v) is 6.55. The number of piperidine rings is 1. The smallest absolute Gasteiger partial charge is 0.271 e. The highest BCUT2D eigenvalue weighted by Gasteiger charge is 2.28. The predicted octanol–water partition coefficient (Wildman–Crippen LogP) is 2.54. The Morgan fingerprint density at radius 3 is 2.78 bits per heavy atom. The Balaban J connectivity index is 1.78. The van der Waals surface area contributed by atoms with E-state index in [0.29, 0.717) is 25.2 Å². The first kappa shape index (κ1) is 15.7. The number of carbonyl (C=O) groups is 1. The van der Waals surface area contributed by atoms with Crippen LogP contribution in [0.2, 0.25) is 0 Å². The van der Waals surface area contributed by atoms with Gasteiger partial charge >= 0.3 is 0 Å². The molecule has 1 aromatic carbocycles. The molecule has 3 rings (SSSR count). The van der Waals surface area contributed by atoms with E-state index < -0.39 is 0 Å². The molecule has 0 unspecified atom stereocenters. The monoisotopic (exact) mass is 313 g/mol. The first-order valence-electron chi connectivity index (χ1n) is 8.06. The van der Waals surface area contributed by atoms with Gasteiger partial charge in [-0.1, -0.05) is 19.1 Å². The Kier molecular flexibility index (Phi) is 4.22. The summed E-state index contributed by atoms with van der Waals surface area (Å²) in [5.74, 6) is 0.0566. The SMILES string of the molecule is Cc1ccc(-c2cc(C(=O)N3CC[C@@H](O)[C@H](C)C3)[nH]n2)cc1C. The fourth-order valence-electron chi connectivity index (χ4n) is 2.97. The van der Waals surface area contributed by atoms with Gasteiger partial charge in [0.05, 0.1) is 11.8 Å². The second-order valence-electron chi connectivity index (χ2n) is 6.55. The van der Waals surface area contributed by atoms with Crippen LogP contribution in [-0.2, 0) is 0 Å². The number of aliphatic hydroxyl groups is 1. The zero-order chi connectivity index (χ0) is 16.6. The number of aliphatic hydroxyl groups excluding tert-OH is 1. The van der Waals surface area contributed by atoms with Crippen LogP contribution in [0.15, 0.2) is 24.3 Å². The Bertz CT molecular complexity index is 723. The maximum absolute atomic E-state index is 12.6. The number of aryl methyl sites for hydroxylation is 2. The lowest BCUT2D eigenvalue weighted by Gasteiger charge is -2.34. The van der Waals surface area contributed by atoms with Crippen molar-refractivity contribution >= 4 is 5.91 Å². The lowest BCUT2D eigenvalue weighted by Crippen LogP contribution is -2.45.